The highest BCUT2D eigenvalue weighted by molar-refractivity contribution is 9.11. The standard InChI is InChI=1S/C9H7BrCl2/c1-6(5-10)7-2-3-8(11)9(12)4-7/h2-5H,1H3/b6-5+. The Labute approximate surface area is 90.3 Å². The molecule has 0 aromatic heterocycles. The lowest BCUT2D eigenvalue weighted by atomic mass is 10.1. The molecule has 0 radical (unpaired) electrons. The lowest BCUT2D eigenvalue weighted by Crippen LogP contribution is -1.78. The fourth-order valence-electron chi connectivity index (χ4n) is 0.804. The summed E-state index contributed by atoms with van der Waals surface area (Å²) in [7, 11) is 0. The first-order valence-corrected chi connectivity index (χ1v) is 5.04. The molecule has 1 rings (SSSR count). The maximum absolute atomic E-state index is 5.84. The van der Waals surface area contributed by atoms with Crippen molar-refractivity contribution in [1.29, 1.82) is 0 Å². The molecule has 0 N–H and O–H groups in total. The SMILES string of the molecule is C/C(=C\Br)c1ccc(Cl)c(Cl)c1. The van der Waals surface area contributed by atoms with Crippen LogP contribution in [0.3, 0.4) is 0 Å². The van der Waals surface area contributed by atoms with E-state index in [1.54, 1.807) is 6.07 Å². The van der Waals surface area contributed by atoms with Crippen LogP contribution in [0.25, 0.3) is 5.57 Å². The topological polar surface area (TPSA) is 0 Å². The molecule has 0 amide bonds. The highest BCUT2D eigenvalue weighted by atomic mass is 79.9. The van der Waals surface area contributed by atoms with Crippen molar-refractivity contribution in [3.8, 4) is 0 Å². The summed E-state index contributed by atoms with van der Waals surface area (Å²) >= 11 is 14.9. The summed E-state index contributed by atoms with van der Waals surface area (Å²) in [6.07, 6.45) is 0. The van der Waals surface area contributed by atoms with E-state index in [2.05, 4.69) is 15.9 Å². The van der Waals surface area contributed by atoms with E-state index in [1.807, 2.05) is 24.0 Å². The smallest absolute Gasteiger partial charge is 0.0598 e. The average Bonchev–Trinajstić information content (AvgIpc) is 2.08. The predicted octanol–water partition coefficient (Wildman–Crippen LogP) is 4.75. The van der Waals surface area contributed by atoms with Crippen molar-refractivity contribution in [3.63, 3.8) is 0 Å². The van der Waals surface area contributed by atoms with Crippen molar-refractivity contribution in [2.24, 2.45) is 0 Å². The van der Waals surface area contributed by atoms with Crippen LogP contribution in [0.5, 0.6) is 0 Å². The molecule has 0 atom stereocenters. The molecular weight excluding hydrogens is 259 g/mol. The van der Waals surface area contributed by atoms with E-state index in [9.17, 15) is 0 Å². The van der Waals surface area contributed by atoms with Crippen molar-refractivity contribution < 1.29 is 0 Å². The zero-order valence-corrected chi connectivity index (χ0v) is 9.54. The van der Waals surface area contributed by atoms with Gasteiger partial charge in [0.25, 0.3) is 0 Å². The van der Waals surface area contributed by atoms with Gasteiger partial charge in [0, 0.05) is 0 Å². The molecule has 0 saturated heterocycles. The molecule has 0 spiro atoms. The molecule has 0 heterocycles. The Morgan fingerprint density at radius 1 is 1.33 bits per heavy atom. The molecule has 1 aromatic carbocycles. The van der Waals surface area contributed by atoms with Gasteiger partial charge in [0.1, 0.15) is 0 Å². The molecule has 1 aromatic rings. The van der Waals surface area contributed by atoms with Gasteiger partial charge in [0.15, 0.2) is 0 Å². The van der Waals surface area contributed by atoms with E-state index in [0.717, 1.165) is 11.1 Å². The van der Waals surface area contributed by atoms with Crippen LogP contribution in [0.4, 0.5) is 0 Å². The van der Waals surface area contributed by atoms with Crippen LogP contribution < -0.4 is 0 Å². The Morgan fingerprint density at radius 3 is 2.50 bits per heavy atom. The number of halogens is 3. The zero-order valence-electron chi connectivity index (χ0n) is 6.44. The van der Waals surface area contributed by atoms with E-state index in [0.29, 0.717) is 10.0 Å². The summed E-state index contributed by atoms with van der Waals surface area (Å²) in [6.45, 7) is 1.99. The molecular formula is C9H7BrCl2. The molecule has 64 valence electrons. The molecule has 0 unspecified atom stereocenters. The van der Waals surface area contributed by atoms with Crippen molar-refractivity contribution in [3.05, 3.63) is 38.8 Å². The van der Waals surface area contributed by atoms with E-state index in [-0.39, 0.29) is 0 Å². The second-order valence-corrected chi connectivity index (χ2v) is 3.69. The van der Waals surface area contributed by atoms with Crippen LogP contribution in [0, 0.1) is 0 Å². The first-order valence-electron chi connectivity index (χ1n) is 3.37. The largest absolute Gasteiger partial charge is 0.0827 e. The average molecular weight is 266 g/mol. The van der Waals surface area contributed by atoms with Crippen molar-refractivity contribution >= 4 is 44.7 Å². The lowest BCUT2D eigenvalue weighted by Gasteiger charge is -2.01. The molecule has 0 aliphatic heterocycles. The Balaban J connectivity index is 3.13. The van der Waals surface area contributed by atoms with Gasteiger partial charge in [-0.05, 0) is 35.2 Å². The zero-order chi connectivity index (χ0) is 9.14. The first-order chi connectivity index (χ1) is 5.65. The second kappa shape index (κ2) is 4.31. The van der Waals surface area contributed by atoms with Gasteiger partial charge in [-0.2, -0.15) is 0 Å². The van der Waals surface area contributed by atoms with Gasteiger partial charge < -0.3 is 0 Å². The Bertz CT molecular complexity index is 318. The van der Waals surface area contributed by atoms with Crippen LogP contribution in [0.2, 0.25) is 10.0 Å². The monoisotopic (exact) mass is 264 g/mol. The number of benzene rings is 1. The summed E-state index contributed by atoms with van der Waals surface area (Å²) in [5.74, 6) is 0. The van der Waals surface area contributed by atoms with Crippen molar-refractivity contribution in [2.75, 3.05) is 0 Å². The molecule has 0 fully saturated rings. The summed E-state index contributed by atoms with van der Waals surface area (Å²) in [5, 5.41) is 1.17. The van der Waals surface area contributed by atoms with Gasteiger partial charge in [-0.15, -0.1) is 0 Å². The molecule has 0 aliphatic carbocycles. The highest BCUT2D eigenvalue weighted by Crippen LogP contribution is 2.26. The first kappa shape index (κ1) is 10.1. The summed E-state index contributed by atoms with van der Waals surface area (Å²) in [4.78, 5) is 1.85. The van der Waals surface area contributed by atoms with Crippen molar-refractivity contribution in [2.45, 2.75) is 6.92 Å². The van der Waals surface area contributed by atoms with E-state index in [4.69, 9.17) is 23.2 Å². The third-order valence-electron chi connectivity index (χ3n) is 1.54. The van der Waals surface area contributed by atoms with Gasteiger partial charge in [0.05, 0.1) is 10.0 Å². The predicted molar refractivity (Wildman–Crippen MR) is 59.0 cm³/mol. The summed E-state index contributed by atoms with van der Waals surface area (Å²) in [6, 6.07) is 5.57. The number of hydrogen-bond donors (Lipinski definition) is 0. The van der Waals surface area contributed by atoms with Crippen LogP contribution in [-0.4, -0.2) is 0 Å². The molecule has 0 saturated carbocycles. The maximum atomic E-state index is 5.84. The number of allylic oxidation sites excluding steroid dienone is 1. The molecule has 0 bridgehead atoms. The van der Waals surface area contributed by atoms with Crippen LogP contribution in [0.1, 0.15) is 12.5 Å². The van der Waals surface area contributed by atoms with Gasteiger partial charge in [-0.1, -0.05) is 45.2 Å². The van der Waals surface area contributed by atoms with Crippen LogP contribution >= 0.6 is 39.1 Å². The maximum Gasteiger partial charge on any atom is 0.0598 e. The highest BCUT2D eigenvalue weighted by Gasteiger charge is 1.99. The Kier molecular flexibility index (Phi) is 3.63. The molecule has 0 aliphatic rings. The van der Waals surface area contributed by atoms with Gasteiger partial charge in [-0.25, -0.2) is 0 Å². The third-order valence-corrected chi connectivity index (χ3v) is 2.96. The molecule has 0 nitrogen and oxygen atoms in total. The molecule has 12 heavy (non-hydrogen) atoms. The quantitative estimate of drug-likeness (QED) is 0.688. The number of hydrogen-bond acceptors (Lipinski definition) is 0. The minimum atomic E-state index is 0.586. The van der Waals surface area contributed by atoms with Crippen LogP contribution in [-0.2, 0) is 0 Å². The fourth-order valence-corrected chi connectivity index (χ4v) is 1.37. The van der Waals surface area contributed by atoms with E-state index < -0.39 is 0 Å². The Hall–Kier alpha value is 0.0200. The molecule has 3 heteroatoms. The lowest BCUT2D eigenvalue weighted by molar-refractivity contribution is 1.58. The van der Waals surface area contributed by atoms with Gasteiger partial charge >= 0.3 is 0 Å². The van der Waals surface area contributed by atoms with E-state index in [1.165, 1.54) is 0 Å². The van der Waals surface area contributed by atoms with Crippen molar-refractivity contribution in [1.82, 2.24) is 0 Å². The second-order valence-electron chi connectivity index (χ2n) is 2.42. The Morgan fingerprint density at radius 2 is 2.00 bits per heavy atom. The minimum Gasteiger partial charge on any atom is -0.0827 e. The van der Waals surface area contributed by atoms with Gasteiger partial charge in [0.2, 0.25) is 0 Å². The van der Waals surface area contributed by atoms with E-state index >= 15 is 0 Å². The minimum absolute atomic E-state index is 0.586. The fraction of sp³-hybridized carbons (Fsp3) is 0.111. The number of rotatable bonds is 1. The summed E-state index contributed by atoms with van der Waals surface area (Å²) in [5.41, 5.74) is 2.19. The van der Waals surface area contributed by atoms with Gasteiger partial charge in [-0.3, -0.25) is 0 Å². The van der Waals surface area contributed by atoms with Crippen LogP contribution in [0.15, 0.2) is 23.2 Å². The third kappa shape index (κ3) is 2.25. The normalized spacial score (nSPS) is 11.8. The summed E-state index contributed by atoms with van der Waals surface area (Å²) < 4.78 is 0.